The molecule has 1 fully saturated rings. The van der Waals surface area contributed by atoms with Gasteiger partial charge in [0.15, 0.2) is 0 Å². The van der Waals surface area contributed by atoms with Crippen molar-refractivity contribution in [1.82, 2.24) is 5.32 Å². The predicted molar refractivity (Wildman–Crippen MR) is 45.6 cm³/mol. The minimum Gasteiger partial charge on any atom is -0.314 e. The highest BCUT2D eigenvalue weighted by Gasteiger charge is 2.20. The molecule has 2 nitrogen and oxygen atoms in total. The Bertz CT molecular complexity index is 134. The smallest absolute Gasteiger partial charge is 0.134 e. The lowest BCUT2D eigenvalue weighted by Gasteiger charge is -2.09. The number of unbranched alkanes of at least 4 members (excludes halogenated alkanes) is 1. The molecule has 0 bridgehead atoms. The first-order valence-electron chi connectivity index (χ1n) is 4.58. The summed E-state index contributed by atoms with van der Waals surface area (Å²) < 4.78 is 0. The van der Waals surface area contributed by atoms with Crippen LogP contribution in [-0.2, 0) is 4.79 Å². The van der Waals surface area contributed by atoms with E-state index in [2.05, 4.69) is 12.2 Å². The highest BCUT2D eigenvalue weighted by molar-refractivity contribution is 5.81. The van der Waals surface area contributed by atoms with Gasteiger partial charge in [-0.3, -0.25) is 4.79 Å². The molecule has 1 unspecified atom stereocenters. The molecule has 1 aliphatic rings. The van der Waals surface area contributed by atoms with Gasteiger partial charge in [0.05, 0.1) is 0 Å². The normalized spacial score (nSPS) is 24.5. The number of hydrogen-bond donors (Lipinski definition) is 1. The van der Waals surface area contributed by atoms with Gasteiger partial charge in [0.2, 0.25) is 0 Å². The fourth-order valence-electron chi connectivity index (χ4n) is 1.47. The van der Waals surface area contributed by atoms with Crippen molar-refractivity contribution in [3.63, 3.8) is 0 Å². The molecule has 0 heterocycles. The van der Waals surface area contributed by atoms with Crippen LogP contribution < -0.4 is 5.32 Å². The van der Waals surface area contributed by atoms with Crippen molar-refractivity contribution in [1.29, 1.82) is 0 Å². The molecule has 64 valence electrons. The quantitative estimate of drug-likeness (QED) is 0.623. The lowest BCUT2D eigenvalue weighted by molar-refractivity contribution is -0.117. The summed E-state index contributed by atoms with van der Waals surface area (Å²) in [5.74, 6) is 0.430. The molecule has 0 aromatic rings. The third-order valence-corrected chi connectivity index (χ3v) is 2.21. The second kappa shape index (κ2) is 4.50. The number of nitrogens with one attached hydrogen (secondary N) is 1. The van der Waals surface area contributed by atoms with E-state index in [4.69, 9.17) is 0 Å². The van der Waals surface area contributed by atoms with Gasteiger partial charge in [-0.25, -0.2) is 0 Å². The Balaban J connectivity index is 2.04. The second-order valence-electron chi connectivity index (χ2n) is 3.29. The average Bonchev–Trinajstić information content (AvgIpc) is 2.37. The Kier molecular flexibility index (Phi) is 3.57. The highest BCUT2D eigenvalue weighted by atomic mass is 16.1. The molecule has 0 aliphatic heterocycles. The zero-order valence-corrected chi connectivity index (χ0v) is 7.23. The summed E-state index contributed by atoms with van der Waals surface area (Å²) in [5, 5.41) is 3.39. The minimum atomic E-state index is 0.430. The summed E-state index contributed by atoms with van der Waals surface area (Å²) in [6.45, 7) is 3.26. The van der Waals surface area contributed by atoms with Crippen molar-refractivity contribution in [3.05, 3.63) is 0 Å². The minimum absolute atomic E-state index is 0.430. The van der Waals surface area contributed by atoms with Crippen molar-refractivity contribution in [2.45, 2.75) is 45.1 Å². The van der Waals surface area contributed by atoms with E-state index in [0.717, 1.165) is 25.8 Å². The van der Waals surface area contributed by atoms with Crippen molar-refractivity contribution < 1.29 is 4.79 Å². The van der Waals surface area contributed by atoms with Gasteiger partial charge in [0.25, 0.3) is 0 Å². The van der Waals surface area contributed by atoms with E-state index < -0.39 is 0 Å². The maximum absolute atomic E-state index is 10.8. The molecule has 2 heteroatoms. The van der Waals surface area contributed by atoms with Gasteiger partial charge in [-0.05, 0) is 19.4 Å². The average molecular weight is 155 g/mol. The van der Waals surface area contributed by atoms with Crippen molar-refractivity contribution in [2.24, 2.45) is 0 Å². The topological polar surface area (TPSA) is 29.1 Å². The summed E-state index contributed by atoms with van der Waals surface area (Å²) in [5.41, 5.74) is 0. The molecule has 0 saturated heterocycles. The van der Waals surface area contributed by atoms with Crippen LogP contribution in [0.4, 0.5) is 0 Å². The molecule has 0 spiro atoms. The SMILES string of the molecule is CCCCNC1CCC(=O)C1. The lowest BCUT2D eigenvalue weighted by atomic mass is 10.2. The third kappa shape index (κ3) is 3.02. The van der Waals surface area contributed by atoms with Crippen LogP contribution in [0.5, 0.6) is 0 Å². The number of carbonyl (C=O) groups is 1. The van der Waals surface area contributed by atoms with Crippen LogP contribution in [-0.4, -0.2) is 18.4 Å². The molecular weight excluding hydrogens is 138 g/mol. The monoisotopic (exact) mass is 155 g/mol. The van der Waals surface area contributed by atoms with Crippen LogP contribution in [0.25, 0.3) is 0 Å². The first-order chi connectivity index (χ1) is 5.33. The number of rotatable bonds is 4. The van der Waals surface area contributed by atoms with Crippen LogP contribution in [0.15, 0.2) is 0 Å². The fourth-order valence-corrected chi connectivity index (χ4v) is 1.47. The molecule has 0 amide bonds. The molecule has 1 atom stereocenters. The van der Waals surface area contributed by atoms with Gasteiger partial charge >= 0.3 is 0 Å². The molecule has 1 saturated carbocycles. The van der Waals surface area contributed by atoms with E-state index in [-0.39, 0.29) is 0 Å². The lowest BCUT2D eigenvalue weighted by Crippen LogP contribution is -2.27. The fraction of sp³-hybridized carbons (Fsp3) is 0.889. The number of ketones is 1. The number of hydrogen-bond acceptors (Lipinski definition) is 2. The van der Waals surface area contributed by atoms with Gasteiger partial charge in [-0.2, -0.15) is 0 Å². The summed E-state index contributed by atoms with van der Waals surface area (Å²) >= 11 is 0. The van der Waals surface area contributed by atoms with Gasteiger partial charge < -0.3 is 5.32 Å². The second-order valence-corrected chi connectivity index (χ2v) is 3.29. The van der Waals surface area contributed by atoms with Gasteiger partial charge in [0.1, 0.15) is 5.78 Å². The Morgan fingerprint density at radius 3 is 3.00 bits per heavy atom. The highest BCUT2D eigenvalue weighted by Crippen LogP contribution is 2.13. The molecule has 1 N–H and O–H groups in total. The largest absolute Gasteiger partial charge is 0.314 e. The summed E-state index contributed by atoms with van der Waals surface area (Å²) in [7, 11) is 0. The third-order valence-electron chi connectivity index (χ3n) is 2.21. The van der Waals surface area contributed by atoms with Crippen LogP contribution in [0.3, 0.4) is 0 Å². The Labute approximate surface area is 68.4 Å². The maximum Gasteiger partial charge on any atom is 0.134 e. The predicted octanol–water partition coefficient (Wildman–Crippen LogP) is 1.50. The molecule has 0 aromatic heterocycles. The van der Waals surface area contributed by atoms with E-state index in [1.807, 2.05) is 0 Å². The maximum atomic E-state index is 10.8. The van der Waals surface area contributed by atoms with Gasteiger partial charge in [-0.15, -0.1) is 0 Å². The van der Waals surface area contributed by atoms with E-state index in [0.29, 0.717) is 11.8 Å². The summed E-state index contributed by atoms with van der Waals surface area (Å²) in [6.07, 6.45) is 5.08. The molecule has 0 aromatic carbocycles. The van der Waals surface area contributed by atoms with Gasteiger partial charge in [-0.1, -0.05) is 13.3 Å². The van der Waals surface area contributed by atoms with Crippen molar-refractivity contribution in [3.8, 4) is 0 Å². The Morgan fingerprint density at radius 1 is 1.64 bits per heavy atom. The first kappa shape index (κ1) is 8.72. The molecule has 1 rings (SSSR count). The van der Waals surface area contributed by atoms with Crippen molar-refractivity contribution >= 4 is 5.78 Å². The molecule has 1 aliphatic carbocycles. The molecule has 11 heavy (non-hydrogen) atoms. The Morgan fingerprint density at radius 2 is 2.45 bits per heavy atom. The van der Waals surface area contributed by atoms with E-state index in [1.54, 1.807) is 0 Å². The molecule has 0 radical (unpaired) electrons. The van der Waals surface area contributed by atoms with E-state index >= 15 is 0 Å². The summed E-state index contributed by atoms with van der Waals surface area (Å²) in [6, 6.07) is 0.494. The van der Waals surface area contributed by atoms with Crippen LogP contribution in [0, 0.1) is 0 Å². The number of carbonyl (C=O) groups excluding carboxylic acids is 1. The van der Waals surface area contributed by atoms with Crippen molar-refractivity contribution in [2.75, 3.05) is 6.54 Å². The zero-order chi connectivity index (χ0) is 8.10. The van der Waals surface area contributed by atoms with Crippen LogP contribution in [0.1, 0.15) is 39.0 Å². The van der Waals surface area contributed by atoms with Crippen LogP contribution in [0.2, 0.25) is 0 Å². The summed E-state index contributed by atoms with van der Waals surface area (Å²) in [4.78, 5) is 10.8. The Hall–Kier alpha value is -0.370. The zero-order valence-electron chi connectivity index (χ0n) is 7.23. The van der Waals surface area contributed by atoms with Crippen LogP contribution >= 0.6 is 0 Å². The van der Waals surface area contributed by atoms with E-state index in [9.17, 15) is 4.79 Å². The van der Waals surface area contributed by atoms with E-state index in [1.165, 1.54) is 12.8 Å². The molecular formula is C9H17NO. The first-order valence-corrected chi connectivity index (χ1v) is 4.58. The standard InChI is InChI=1S/C9H17NO/c1-2-3-6-10-8-4-5-9(11)7-8/h8,10H,2-7H2,1H3. The number of Topliss-reactive ketones (excluding diaryl/α,β-unsaturated/α-hetero) is 1. The van der Waals surface area contributed by atoms with Gasteiger partial charge in [0, 0.05) is 18.9 Å².